The van der Waals surface area contributed by atoms with Crippen molar-refractivity contribution >= 4 is 56.2 Å². The third-order valence-corrected chi connectivity index (χ3v) is 7.62. The van der Waals surface area contributed by atoms with E-state index in [2.05, 4.69) is 30.9 Å². The second-order valence-electron chi connectivity index (χ2n) is 7.46. The van der Waals surface area contributed by atoms with Crippen LogP contribution < -0.4 is 9.80 Å². The summed E-state index contributed by atoms with van der Waals surface area (Å²) in [6, 6.07) is 6.26. The Morgan fingerprint density at radius 1 is 1.33 bits per heavy atom. The molecule has 1 aromatic rings. The van der Waals surface area contributed by atoms with Gasteiger partial charge in [0, 0.05) is 36.2 Å². The number of likely N-dealkylation sites (N-methyl/N-ethyl adjacent to an activating group) is 2. The number of amides is 2. The third-order valence-electron chi connectivity index (χ3n) is 5.13. The van der Waals surface area contributed by atoms with E-state index >= 15 is 0 Å². The molecule has 168 valence electrons. The summed E-state index contributed by atoms with van der Waals surface area (Å²) < 4.78 is 22.0. The summed E-state index contributed by atoms with van der Waals surface area (Å²) in [7, 11) is -0.0882. The van der Waals surface area contributed by atoms with Crippen LogP contribution in [0.5, 0.6) is 0 Å². The van der Waals surface area contributed by atoms with Crippen molar-refractivity contribution in [2.75, 3.05) is 43.5 Å². The van der Waals surface area contributed by atoms with Crippen LogP contribution in [-0.4, -0.2) is 69.0 Å². The molecule has 0 aromatic heterocycles. The van der Waals surface area contributed by atoms with Crippen molar-refractivity contribution in [3.05, 3.63) is 24.3 Å². The molecule has 30 heavy (non-hydrogen) atoms. The molecule has 1 saturated heterocycles. The SMILES string of the molecule is CCCCN(C)CC(=O)N(C)c1ccc(N2CCCC(N(S)S(=O)(O)=S)C2=O)cc1. The Balaban J connectivity index is 2.07. The fourth-order valence-electron chi connectivity index (χ4n) is 3.32. The number of piperidine rings is 1. The molecule has 0 aliphatic carbocycles. The van der Waals surface area contributed by atoms with Crippen molar-refractivity contribution in [1.29, 1.82) is 0 Å². The molecule has 2 amide bonds. The van der Waals surface area contributed by atoms with Gasteiger partial charge in [0.25, 0.3) is 0 Å². The topological polar surface area (TPSA) is 84.4 Å². The monoisotopic (exact) mass is 474 g/mol. The number of carbonyl (C=O) groups excluding carboxylic acids is 2. The van der Waals surface area contributed by atoms with E-state index in [0.717, 1.165) is 28.8 Å². The molecule has 2 unspecified atom stereocenters. The number of anilines is 2. The van der Waals surface area contributed by atoms with Crippen LogP contribution in [0, 0.1) is 0 Å². The number of rotatable bonds is 9. The Hall–Kier alpha value is -1.24. The highest BCUT2D eigenvalue weighted by Crippen LogP contribution is 2.27. The van der Waals surface area contributed by atoms with E-state index in [-0.39, 0.29) is 11.8 Å². The molecule has 1 fully saturated rings. The zero-order valence-corrected chi connectivity index (χ0v) is 20.1. The van der Waals surface area contributed by atoms with Crippen LogP contribution in [0.2, 0.25) is 0 Å². The summed E-state index contributed by atoms with van der Waals surface area (Å²) in [4.78, 5) is 30.5. The lowest BCUT2D eigenvalue weighted by Crippen LogP contribution is -2.51. The minimum Gasteiger partial charge on any atom is -0.314 e. The van der Waals surface area contributed by atoms with Gasteiger partial charge in [-0.3, -0.25) is 19.0 Å². The van der Waals surface area contributed by atoms with Crippen molar-refractivity contribution in [3.8, 4) is 0 Å². The third kappa shape index (κ3) is 6.38. The summed E-state index contributed by atoms with van der Waals surface area (Å²) in [5, 5.41) is 0. The van der Waals surface area contributed by atoms with Gasteiger partial charge in [0.15, 0.2) is 0 Å². The molecule has 2 atom stereocenters. The zero-order valence-electron chi connectivity index (χ0n) is 17.6. The van der Waals surface area contributed by atoms with Crippen LogP contribution >= 0.6 is 12.8 Å². The smallest absolute Gasteiger partial charge is 0.246 e. The fourth-order valence-corrected chi connectivity index (χ4v) is 4.37. The number of thiol groups is 1. The van der Waals surface area contributed by atoms with E-state index in [0.29, 0.717) is 31.6 Å². The summed E-state index contributed by atoms with van der Waals surface area (Å²) in [6.07, 6.45) is 3.20. The quantitative estimate of drug-likeness (QED) is 0.534. The molecule has 0 radical (unpaired) electrons. The molecule has 2 rings (SSSR count). The molecule has 8 nitrogen and oxygen atoms in total. The van der Waals surface area contributed by atoms with E-state index in [4.69, 9.17) is 0 Å². The first-order chi connectivity index (χ1) is 14.1. The maximum absolute atomic E-state index is 12.8. The zero-order chi connectivity index (χ0) is 22.5. The molecule has 1 heterocycles. The predicted octanol–water partition coefficient (Wildman–Crippen LogP) is 2.16. The lowest BCUT2D eigenvalue weighted by molar-refractivity contribution is -0.122. The number of carbonyl (C=O) groups is 2. The van der Waals surface area contributed by atoms with Crippen molar-refractivity contribution in [2.24, 2.45) is 0 Å². The predicted molar refractivity (Wildman–Crippen MR) is 127 cm³/mol. The van der Waals surface area contributed by atoms with Gasteiger partial charge in [-0.2, -0.15) is 0 Å². The van der Waals surface area contributed by atoms with E-state index in [1.165, 1.54) is 0 Å². The Kier molecular flexibility index (Phi) is 9.07. The Morgan fingerprint density at radius 3 is 2.53 bits per heavy atom. The number of hydrogen-bond acceptors (Lipinski definition) is 6. The van der Waals surface area contributed by atoms with Crippen LogP contribution in [0.3, 0.4) is 0 Å². The number of hydrogen-bond donors (Lipinski definition) is 2. The average Bonchev–Trinajstić information content (AvgIpc) is 2.70. The largest absolute Gasteiger partial charge is 0.314 e. The second-order valence-corrected chi connectivity index (χ2v) is 10.8. The summed E-state index contributed by atoms with van der Waals surface area (Å²) in [6.45, 7) is 3.83. The molecule has 1 aromatic carbocycles. The maximum atomic E-state index is 12.8. The van der Waals surface area contributed by atoms with Crippen LogP contribution in [0.25, 0.3) is 0 Å². The van der Waals surface area contributed by atoms with Gasteiger partial charge in [0.1, 0.15) is 6.04 Å². The Bertz CT molecular complexity index is 848. The standard InChI is InChI=1S/C19H30N4O4S3/c1-4-5-12-20(2)14-18(24)21(3)15-8-10-16(11-9-15)22-13-6-7-17(19(22)25)23(28)30(26,27)29/h8-11,17,28H,4-7,12-14H2,1-3H3,(H,26,27,29). The van der Waals surface area contributed by atoms with Gasteiger partial charge in [-0.05, 0) is 57.1 Å². The lowest BCUT2D eigenvalue weighted by atomic mass is 10.0. The van der Waals surface area contributed by atoms with Crippen molar-refractivity contribution in [3.63, 3.8) is 0 Å². The van der Waals surface area contributed by atoms with E-state index < -0.39 is 15.0 Å². The van der Waals surface area contributed by atoms with Crippen LogP contribution in [0.15, 0.2) is 24.3 Å². The minimum absolute atomic E-state index is 0.00988. The van der Waals surface area contributed by atoms with Crippen molar-refractivity contribution in [2.45, 2.75) is 38.6 Å². The average molecular weight is 475 g/mol. The Morgan fingerprint density at radius 2 is 1.97 bits per heavy atom. The number of benzene rings is 1. The molecule has 0 spiro atoms. The first-order valence-corrected chi connectivity index (χ1v) is 12.7. The molecular weight excluding hydrogens is 444 g/mol. The highest BCUT2D eigenvalue weighted by atomic mass is 32.9. The second kappa shape index (κ2) is 10.9. The minimum atomic E-state index is -3.75. The van der Waals surface area contributed by atoms with Crippen molar-refractivity contribution in [1.82, 2.24) is 8.61 Å². The van der Waals surface area contributed by atoms with Crippen LogP contribution in [0.4, 0.5) is 11.4 Å². The molecule has 1 N–H and O–H groups in total. The van der Waals surface area contributed by atoms with Crippen molar-refractivity contribution < 1.29 is 18.4 Å². The fraction of sp³-hybridized carbons (Fsp3) is 0.579. The van der Waals surface area contributed by atoms with E-state index in [1.807, 2.05) is 11.9 Å². The maximum Gasteiger partial charge on any atom is 0.246 e. The van der Waals surface area contributed by atoms with E-state index in [1.54, 1.807) is 41.1 Å². The normalized spacial score (nSPS) is 19.2. The van der Waals surface area contributed by atoms with Gasteiger partial charge in [-0.15, -0.1) is 3.71 Å². The summed E-state index contributed by atoms with van der Waals surface area (Å²) >= 11 is 8.53. The summed E-state index contributed by atoms with van der Waals surface area (Å²) in [5.41, 5.74) is 1.39. The van der Waals surface area contributed by atoms with Gasteiger partial charge in [0.2, 0.25) is 20.8 Å². The first-order valence-electron chi connectivity index (χ1n) is 9.88. The number of unbranched alkanes of at least 4 members (excludes halogenated alkanes) is 1. The molecule has 0 saturated carbocycles. The van der Waals surface area contributed by atoms with Gasteiger partial charge in [-0.1, -0.05) is 26.2 Å². The molecule has 1 aliphatic heterocycles. The summed E-state index contributed by atoms with van der Waals surface area (Å²) in [5.74, 6) is -0.332. The molecule has 1 aliphatic rings. The van der Waals surface area contributed by atoms with Crippen LogP contribution in [-0.2, 0) is 29.7 Å². The molecule has 11 heteroatoms. The molecule has 0 bridgehead atoms. The van der Waals surface area contributed by atoms with Gasteiger partial charge in [-0.25, -0.2) is 4.21 Å². The lowest BCUT2D eigenvalue weighted by Gasteiger charge is -2.35. The molecular formula is C19H30N4O4S3. The van der Waals surface area contributed by atoms with Gasteiger partial charge >= 0.3 is 0 Å². The van der Waals surface area contributed by atoms with E-state index in [9.17, 15) is 18.4 Å². The van der Waals surface area contributed by atoms with Crippen LogP contribution in [0.1, 0.15) is 32.6 Å². The highest BCUT2D eigenvalue weighted by Gasteiger charge is 2.36. The van der Waals surface area contributed by atoms with Gasteiger partial charge < -0.3 is 9.80 Å². The number of nitrogens with zero attached hydrogens (tertiary/aromatic N) is 4. The van der Waals surface area contributed by atoms with Gasteiger partial charge in [0.05, 0.1) is 6.54 Å². The first kappa shape index (κ1) is 25.0. The highest BCUT2D eigenvalue weighted by molar-refractivity contribution is 8.30. The Labute approximate surface area is 189 Å².